The summed E-state index contributed by atoms with van der Waals surface area (Å²) in [4.78, 5) is 0. The molecule has 9 aromatic rings. The minimum absolute atomic E-state index is 0.668. The Kier molecular flexibility index (Phi) is 9.75. The number of rotatable bonds is 16. The Morgan fingerprint density at radius 1 is 0.434 bits per heavy atom. The predicted molar refractivity (Wildman–Crippen MR) is 238 cm³/mol. The van der Waals surface area contributed by atoms with Gasteiger partial charge < -0.3 is 13.7 Å². The van der Waals surface area contributed by atoms with Crippen molar-refractivity contribution >= 4 is 107 Å². The standard InChI is InChI=1S/C48H55N3S2/c1-5-9-12-18-29-49-39-23-16-14-21-33(39)35-25-27-37-43-47(52-45(37)41(35)49)48-44(51(43)31-32(8-4)20-11-7-3)38-28-26-36-34-22-15-17-24-40(34)50(30-19-13-10-6-2)42(36)46(38)53-48/h14-17,21-28,32H,5-13,18-20,29-31H2,1-4H3. The smallest absolute Gasteiger partial charge is 0.0714 e. The van der Waals surface area contributed by atoms with Crippen molar-refractivity contribution in [3.05, 3.63) is 72.8 Å². The molecule has 53 heavy (non-hydrogen) atoms. The van der Waals surface area contributed by atoms with Crippen molar-refractivity contribution in [2.75, 3.05) is 0 Å². The van der Waals surface area contributed by atoms with Gasteiger partial charge in [-0.05, 0) is 37.3 Å². The first kappa shape index (κ1) is 34.9. The second-order valence-corrected chi connectivity index (χ2v) is 17.8. The van der Waals surface area contributed by atoms with E-state index in [-0.39, 0.29) is 0 Å². The number of nitrogens with zero attached hydrogens (tertiary/aromatic N) is 3. The molecule has 0 N–H and O–H groups in total. The molecule has 0 aliphatic carbocycles. The van der Waals surface area contributed by atoms with Gasteiger partial charge in [-0.2, -0.15) is 0 Å². The first-order chi connectivity index (χ1) is 26.2. The summed E-state index contributed by atoms with van der Waals surface area (Å²) in [5.41, 5.74) is 8.64. The molecule has 0 aliphatic heterocycles. The molecule has 0 radical (unpaired) electrons. The number of hydrogen-bond donors (Lipinski definition) is 0. The molecule has 3 nitrogen and oxygen atoms in total. The van der Waals surface area contributed by atoms with Crippen molar-refractivity contribution in [3.8, 4) is 0 Å². The molecule has 4 aromatic carbocycles. The maximum absolute atomic E-state index is 2.81. The highest BCUT2D eigenvalue weighted by molar-refractivity contribution is 7.34. The molecule has 0 spiro atoms. The number of unbranched alkanes of at least 4 members (excludes halogenated alkanes) is 7. The molecule has 9 rings (SSSR count). The third-order valence-electron chi connectivity index (χ3n) is 12.3. The van der Waals surface area contributed by atoms with Gasteiger partial charge in [-0.15, -0.1) is 22.7 Å². The molecule has 1 atom stereocenters. The predicted octanol–water partition coefficient (Wildman–Crippen LogP) is 15.8. The fourth-order valence-electron chi connectivity index (χ4n) is 9.52. The van der Waals surface area contributed by atoms with Gasteiger partial charge in [0.25, 0.3) is 0 Å². The summed E-state index contributed by atoms with van der Waals surface area (Å²) in [5, 5.41) is 8.51. The first-order valence-corrected chi connectivity index (χ1v) is 22.5. The Hall–Kier alpha value is -3.80. The van der Waals surface area contributed by atoms with Crippen LogP contribution < -0.4 is 0 Å². The van der Waals surface area contributed by atoms with Gasteiger partial charge in [0.2, 0.25) is 0 Å². The molecule has 5 heterocycles. The van der Waals surface area contributed by atoms with E-state index >= 15 is 0 Å². The van der Waals surface area contributed by atoms with E-state index in [1.54, 1.807) is 0 Å². The number of thiophene rings is 2. The first-order valence-electron chi connectivity index (χ1n) is 20.9. The summed E-state index contributed by atoms with van der Waals surface area (Å²) in [6.07, 6.45) is 15.3. The van der Waals surface area contributed by atoms with Crippen molar-refractivity contribution in [2.24, 2.45) is 5.92 Å². The zero-order valence-electron chi connectivity index (χ0n) is 32.3. The lowest BCUT2D eigenvalue weighted by molar-refractivity contribution is 0.401. The quantitative estimate of drug-likeness (QED) is 0.0877. The lowest BCUT2D eigenvalue weighted by atomic mass is 9.99. The van der Waals surface area contributed by atoms with Crippen LogP contribution in [0.4, 0.5) is 0 Å². The summed E-state index contributed by atoms with van der Waals surface area (Å²) in [5.74, 6) is 0.668. The average Bonchev–Trinajstić information content (AvgIpc) is 3.98. The summed E-state index contributed by atoms with van der Waals surface area (Å²) in [7, 11) is 0. The molecule has 1 unspecified atom stereocenters. The van der Waals surface area contributed by atoms with Gasteiger partial charge in [0.05, 0.1) is 40.9 Å². The number of para-hydroxylation sites is 2. The van der Waals surface area contributed by atoms with Crippen LogP contribution in [-0.2, 0) is 19.6 Å². The van der Waals surface area contributed by atoms with Crippen LogP contribution >= 0.6 is 22.7 Å². The third kappa shape index (κ3) is 5.71. The van der Waals surface area contributed by atoms with Crippen LogP contribution in [0.3, 0.4) is 0 Å². The lowest BCUT2D eigenvalue weighted by Gasteiger charge is -2.17. The molecule has 0 fully saturated rings. The summed E-state index contributed by atoms with van der Waals surface area (Å²) < 4.78 is 14.1. The Labute approximate surface area is 322 Å². The highest BCUT2D eigenvalue weighted by Crippen LogP contribution is 2.51. The van der Waals surface area contributed by atoms with Crippen LogP contribution in [0.5, 0.6) is 0 Å². The molecule has 274 valence electrons. The van der Waals surface area contributed by atoms with Crippen LogP contribution in [0.1, 0.15) is 105 Å². The second kappa shape index (κ2) is 14.8. The molecule has 5 aromatic heterocycles. The van der Waals surface area contributed by atoms with Crippen LogP contribution in [0.2, 0.25) is 0 Å². The molecular weight excluding hydrogens is 683 g/mol. The van der Waals surface area contributed by atoms with Crippen LogP contribution in [0, 0.1) is 5.92 Å². The maximum Gasteiger partial charge on any atom is 0.0714 e. The van der Waals surface area contributed by atoms with Gasteiger partial charge in [-0.1, -0.05) is 146 Å². The van der Waals surface area contributed by atoms with Crippen LogP contribution in [-0.4, -0.2) is 13.7 Å². The molecule has 0 saturated carbocycles. The number of hydrogen-bond acceptors (Lipinski definition) is 2. The molecule has 0 aliphatic rings. The van der Waals surface area contributed by atoms with Crippen molar-refractivity contribution in [1.82, 2.24) is 13.7 Å². The van der Waals surface area contributed by atoms with Crippen molar-refractivity contribution < 1.29 is 0 Å². The minimum Gasteiger partial charge on any atom is -0.339 e. The summed E-state index contributed by atoms with van der Waals surface area (Å²) >= 11 is 4.16. The van der Waals surface area contributed by atoms with Gasteiger partial charge in [0, 0.05) is 63.0 Å². The van der Waals surface area contributed by atoms with E-state index in [9.17, 15) is 0 Å². The topological polar surface area (TPSA) is 14.8 Å². The van der Waals surface area contributed by atoms with Gasteiger partial charge in [-0.25, -0.2) is 0 Å². The van der Waals surface area contributed by atoms with E-state index in [2.05, 4.69) is 137 Å². The van der Waals surface area contributed by atoms with Crippen LogP contribution in [0.25, 0.3) is 84.2 Å². The van der Waals surface area contributed by atoms with Gasteiger partial charge in [0.15, 0.2) is 0 Å². The molecule has 5 heteroatoms. The lowest BCUT2D eigenvalue weighted by Crippen LogP contribution is -2.10. The fourth-order valence-corrected chi connectivity index (χ4v) is 12.4. The van der Waals surface area contributed by atoms with Crippen molar-refractivity contribution in [2.45, 2.75) is 124 Å². The maximum atomic E-state index is 2.81. The van der Waals surface area contributed by atoms with Crippen molar-refractivity contribution in [3.63, 3.8) is 0 Å². The Morgan fingerprint density at radius 2 is 0.887 bits per heavy atom. The summed E-state index contributed by atoms with van der Waals surface area (Å²) in [6, 6.07) is 28.1. The average molecular weight is 738 g/mol. The van der Waals surface area contributed by atoms with E-state index in [1.807, 2.05) is 0 Å². The molecule has 0 amide bonds. The largest absolute Gasteiger partial charge is 0.339 e. The van der Waals surface area contributed by atoms with E-state index in [0.29, 0.717) is 5.92 Å². The highest BCUT2D eigenvalue weighted by Gasteiger charge is 2.26. The van der Waals surface area contributed by atoms with Gasteiger partial charge in [-0.3, -0.25) is 0 Å². The van der Waals surface area contributed by atoms with Gasteiger partial charge >= 0.3 is 0 Å². The molecule has 0 bridgehead atoms. The highest BCUT2D eigenvalue weighted by atomic mass is 32.1. The third-order valence-corrected chi connectivity index (χ3v) is 14.9. The minimum atomic E-state index is 0.668. The van der Waals surface area contributed by atoms with Gasteiger partial charge in [0.1, 0.15) is 0 Å². The summed E-state index contributed by atoms with van der Waals surface area (Å²) in [6.45, 7) is 12.6. The number of aryl methyl sites for hydroxylation is 2. The number of fused-ring (bicyclic) bond motifs is 15. The van der Waals surface area contributed by atoms with E-state index in [4.69, 9.17) is 0 Å². The zero-order valence-corrected chi connectivity index (χ0v) is 33.9. The molecule has 0 saturated heterocycles. The fraction of sp³-hybridized carbons (Fsp3) is 0.417. The number of benzene rings is 4. The van der Waals surface area contributed by atoms with Crippen molar-refractivity contribution in [1.29, 1.82) is 0 Å². The normalized spacial score (nSPS) is 13.2. The van der Waals surface area contributed by atoms with E-state index < -0.39 is 0 Å². The van der Waals surface area contributed by atoms with E-state index in [1.165, 1.54) is 161 Å². The number of aromatic nitrogens is 3. The second-order valence-electron chi connectivity index (χ2n) is 15.7. The molecular formula is C48H55N3S2. The van der Waals surface area contributed by atoms with E-state index in [0.717, 1.165) is 19.6 Å². The zero-order chi connectivity index (χ0) is 36.1. The Balaban J connectivity index is 1.34. The SMILES string of the molecule is CCCCCCn1c2ccccc2c2ccc3c(sc4c5sc6c(ccc7c8ccccc8n(CCCCCC)c76)c5n(CC(CC)CCCC)c34)c21. The Bertz CT molecular complexity index is 2550. The monoisotopic (exact) mass is 737 g/mol. The van der Waals surface area contributed by atoms with Crippen LogP contribution in [0.15, 0.2) is 72.8 Å². The Morgan fingerprint density at radius 3 is 1.36 bits per heavy atom.